The van der Waals surface area contributed by atoms with Crippen molar-refractivity contribution in [3.8, 4) is 0 Å². The molecule has 1 fully saturated rings. The first kappa shape index (κ1) is 12.4. The molecule has 0 bridgehead atoms. The Morgan fingerprint density at radius 2 is 1.43 bits per heavy atom. The number of hydrogen-bond donors (Lipinski definition) is 2. The minimum absolute atomic E-state index is 0. The van der Waals surface area contributed by atoms with Gasteiger partial charge >= 0.3 is 55.0 Å². The number of rotatable bonds is 0. The van der Waals surface area contributed by atoms with Gasteiger partial charge in [-0.3, -0.25) is 0 Å². The van der Waals surface area contributed by atoms with Crippen molar-refractivity contribution in [3.63, 3.8) is 0 Å². The van der Waals surface area contributed by atoms with Gasteiger partial charge in [-0.05, 0) is 0 Å². The van der Waals surface area contributed by atoms with E-state index in [9.17, 15) is 0 Å². The molecular weight excluding hydrogens is 358 g/mol. The molecule has 0 aliphatic carbocycles. The van der Waals surface area contributed by atoms with Crippen LogP contribution in [0.2, 0.25) is 0 Å². The van der Waals surface area contributed by atoms with E-state index in [0.717, 1.165) is 0 Å². The monoisotopic (exact) mass is 360 g/mol. The van der Waals surface area contributed by atoms with E-state index in [-0.39, 0.29) is 92.6 Å². The number of aliphatic hydroxyl groups is 2. The summed E-state index contributed by atoms with van der Waals surface area (Å²) in [7, 11) is 0. The summed E-state index contributed by atoms with van der Waals surface area (Å²) in [4.78, 5) is 7.01. The van der Waals surface area contributed by atoms with Crippen molar-refractivity contribution in [2.24, 2.45) is 0 Å². The van der Waals surface area contributed by atoms with Gasteiger partial charge in [-0.15, -0.1) is 9.78 Å². The molecule has 1 aliphatic rings. The second-order valence-corrected chi connectivity index (χ2v) is 0.715. The largest absolute Gasteiger partial charge is 2.00 e. The first-order chi connectivity index (χ1) is 2.21. The fraction of sp³-hybridized carbons (Fsp3) is 1.00. The molecule has 7 heavy (non-hydrogen) atoms. The SMILES string of the molecule is OC1(O)OO1.[Ba+2].[H-].[H-].[Nd]. The van der Waals surface area contributed by atoms with Crippen LogP contribution in [-0.2, 0) is 9.78 Å². The van der Waals surface area contributed by atoms with Crippen LogP contribution >= 0.6 is 0 Å². The van der Waals surface area contributed by atoms with Crippen LogP contribution in [0.3, 0.4) is 0 Å². The molecule has 0 radical (unpaired) electrons. The van der Waals surface area contributed by atoms with E-state index in [1.165, 1.54) is 0 Å². The van der Waals surface area contributed by atoms with E-state index >= 15 is 0 Å². The number of hydrogen-bond acceptors (Lipinski definition) is 4. The van der Waals surface area contributed by atoms with Gasteiger partial charge in [0.15, 0.2) is 0 Å². The second-order valence-electron chi connectivity index (χ2n) is 0.715. The van der Waals surface area contributed by atoms with E-state index in [1.807, 2.05) is 0 Å². The Kier molecular flexibility index (Phi) is 8.10. The summed E-state index contributed by atoms with van der Waals surface area (Å²) in [5.41, 5.74) is 0. The van der Waals surface area contributed by atoms with E-state index in [0.29, 0.717) is 0 Å². The fourth-order valence-electron chi connectivity index (χ4n) is 0.0373. The Hall–Kier alpha value is 2.76. The van der Waals surface area contributed by atoms with Crippen molar-refractivity contribution in [1.82, 2.24) is 0 Å². The molecule has 6 heteroatoms. The van der Waals surface area contributed by atoms with Crippen molar-refractivity contribution >= 4 is 48.9 Å². The standard InChI is InChI=1S/CH2O4.Ba.Nd.2H/c2-1(3)4-5-1;;;;/h2-3H;;;;/q;+2;;2*-1. The minimum Gasteiger partial charge on any atom is -1.00 e. The third kappa shape index (κ3) is 6.65. The minimum atomic E-state index is -2.25. The Balaban J connectivity index is -0.0000000312. The third-order valence-electron chi connectivity index (χ3n) is 0.232. The molecule has 4 nitrogen and oxygen atoms in total. The van der Waals surface area contributed by atoms with Crippen LogP contribution in [-0.4, -0.2) is 65.3 Å². The zero-order valence-corrected chi connectivity index (χ0v) is 11.1. The fourth-order valence-corrected chi connectivity index (χ4v) is 0.0373. The van der Waals surface area contributed by atoms with Crippen molar-refractivity contribution in [2.45, 2.75) is 6.16 Å². The molecule has 0 atom stereocenters. The normalized spacial score (nSPS) is 21.4. The van der Waals surface area contributed by atoms with Crippen molar-refractivity contribution in [2.75, 3.05) is 0 Å². The molecule has 2 N–H and O–H groups in total. The van der Waals surface area contributed by atoms with Crippen LogP contribution in [0.25, 0.3) is 0 Å². The summed E-state index contributed by atoms with van der Waals surface area (Å²) >= 11 is 0. The van der Waals surface area contributed by atoms with Gasteiger partial charge in [-0.2, -0.15) is 0 Å². The van der Waals surface area contributed by atoms with Gasteiger partial charge in [-0.1, -0.05) is 0 Å². The van der Waals surface area contributed by atoms with Crippen LogP contribution in [0.1, 0.15) is 2.85 Å². The summed E-state index contributed by atoms with van der Waals surface area (Å²) in [5.74, 6) is 0. The first-order valence-electron chi connectivity index (χ1n) is 1.02. The zero-order valence-electron chi connectivity index (χ0n) is 5.42. The van der Waals surface area contributed by atoms with Gasteiger partial charge in [0.2, 0.25) is 0 Å². The molecule has 1 heterocycles. The summed E-state index contributed by atoms with van der Waals surface area (Å²) in [6.45, 7) is 0. The van der Waals surface area contributed by atoms with Crippen LogP contribution in [0.4, 0.5) is 0 Å². The van der Waals surface area contributed by atoms with Crippen LogP contribution in [0, 0.1) is 40.8 Å². The predicted octanol–water partition coefficient (Wildman–Crippen LogP) is -1.61. The Bertz CT molecular complexity index is 56.5. The molecule has 1 saturated heterocycles. The molecule has 1 rings (SSSR count). The summed E-state index contributed by atoms with van der Waals surface area (Å²) < 4.78 is 0. The maximum absolute atomic E-state index is 7.74. The quantitative estimate of drug-likeness (QED) is 0.236. The molecule has 0 aromatic carbocycles. The third-order valence-corrected chi connectivity index (χ3v) is 0.232. The Labute approximate surface area is 116 Å². The molecule has 0 spiro atoms. The summed E-state index contributed by atoms with van der Waals surface area (Å²) in [6, 6.07) is 0. The van der Waals surface area contributed by atoms with Gasteiger partial charge in [0.05, 0.1) is 0 Å². The smallest absolute Gasteiger partial charge is 1.00 e. The molecular formula is CH4BaNdO4. The molecule has 0 amide bonds. The Morgan fingerprint density at radius 3 is 1.43 bits per heavy atom. The van der Waals surface area contributed by atoms with Crippen molar-refractivity contribution in [1.29, 1.82) is 0 Å². The summed E-state index contributed by atoms with van der Waals surface area (Å²) in [6.07, 6.45) is -2.25. The molecule has 38 valence electrons. The van der Waals surface area contributed by atoms with Crippen LogP contribution < -0.4 is 0 Å². The van der Waals surface area contributed by atoms with Crippen LogP contribution in [0.15, 0.2) is 0 Å². The van der Waals surface area contributed by atoms with Crippen molar-refractivity contribution < 1.29 is 63.7 Å². The van der Waals surface area contributed by atoms with Gasteiger partial charge in [0.25, 0.3) is 0 Å². The maximum Gasteiger partial charge on any atom is 2.00 e. The van der Waals surface area contributed by atoms with E-state index in [2.05, 4.69) is 9.78 Å². The zero-order chi connectivity index (χ0) is 3.91. The van der Waals surface area contributed by atoms with E-state index < -0.39 is 6.16 Å². The predicted molar refractivity (Wildman–Crippen MR) is 17.3 cm³/mol. The van der Waals surface area contributed by atoms with E-state index in [1.54, 1.807) is 0 Å². The molecule has 0 aromatic rings. The van der Waals surface area contributed by atoms with Crippen molar-refractivity contribution in [3.05, 3.63) is 0 Å². The summed E-state index contributed by atoms with van der Waals surface area (Å²) in [5, 5.41) is 15.5. The topological polar surface area (TPSA) is 65.5 Å². The molecule has 0 unspecified atom stereocenters. The second kappa shape index (κ2) is 4.56. The molecule has 0 aromatic heterocycles. The first-order valence-corrected chi connectivity index (χ1v) is 1.02. The van der Waals surface area contributed by atoms with Gasteiger partial charge in [-0.25, -0.2) is 0 Å². The Morgan fingerprint density at radius 1 is 1.29 bits per heavy atom. The van der Waals surface area contributed by atoms with Gasteiger partial charge < -0.3 is 13.1 Å². The average Bonchev–Trinajstić information content (AvgIpc) is 1.76. The van der Waals surface area contributed by atoms with E-state index in [4.69, 9.17) is 10.2 Å². The molecule has 0 saturated carbocycles. The van der Waals surface area contributed by atoms with Gasteiger partial charge in [0.1, 0.15) is 0 Å². The van der Waals surface area contributed by atoms with Gasteiger partial charge in [0, 0.05) is 40.8 Å². The molecule has 1 aliphatic heterocycles. The maximum atomic E-state index is 7.74. The van der Waals surface area contributed by atoms with Crippen LogP contribution in [0.5, 0.6) is 0 Å². The average molecular weight is 362 g/mol.